The lowest BCUT2D eigenvalue weighted by molar-refractivity contribution is -0.121. The van der Waals surface area contributed by atoms with Gasteiger partial charge in [-0.2, -0.15) is 5.10 Å². The Morgan fingerprint density at radius 3 is 2.40 bits per heavy atom. The van der Waals surface area contributed by atoms with Gasteiger partial charge in [-0.25, -0.2) is 10.2 Å². The summed E-state index contributed by atoms with van der Waals surface area (Å²) in [6.45, 7) is 2.50. The molecule has 0 saturated heterocycles. The van der Waals surface area contributed by atoms with Crippen molar-refractivity contribution in [2.24, 2.45) is 5.10 Å². The first kappa shape index (κ1) is 30.2. The third kappa shape index (κ3) is 8.57. The highest BCUT2D eigenvalue weighted by molar-refractivity contribution is 9.10. The van der Waals surface area contributed by atoms with Crippen LogP contribution in [-0.4, -0.2) is 51.4 Å². The Hall–Kier alpha value is -4.38. The van der Waals surface area contributed by atoms with Gasteiger partial charge in [0.1, 0.15) is 0 Å². The topological polar surface area (TPSA) is 125 Å². The Morgan fingerprint density at radius 1 is 0.925 bits per heavy atom. The number of hydrogen-bond acceptors (Lipinski definition) is 8. The first-order valence-corrected chi connectivity index (χ1v) is 13.2. The van der Waals surface area contributed by atoms with Crippen LogP contribution in [0.5, 0.6) is 23.0 Å². The normalized spacial score (nSPS) is 10.6. The van der Waals surface area contributed by atoms with Gasteiger partial charge in [0.2, 0.25) is 5.91 Å². The first-order chi connectivity index (χ1) is 19.4. The van der Waals surface area contributed by atoms with Gasteiger partial charge < -0.3 is 24.3 Å². The molecule has 3 aromatic carbocycles. The molecule has 11 heteroatoms. The maximum absolute atomic E-state index is 12.7. The molecule has 0 aromatic heterocycles. The van der Waals surface area contributed by atoms with E-state index in [9.17, 15) is 14.4 Å². The van der Waals surface area contributed by atoms with E-state index in [1.54, 1.807) is 48.5 Å². The van der Waals surface area contributed by atoms with E-state index in [0.717, 1.165) is 0 Å². The van der Waals surface area contributed by atoms with Gasteiger partial charge in [0.05, 0.1) is 38.2 Å². The SMILES string of the molecule is CCOc1cc(C=NNC(=O)CCCNC(=O)c2ccccc2Br)ccc1OC(=O)c1ccc(OC)c(OC)c1. The second kappa shape index (κ2) is 15.3. The van der Waals surface area contributed by atoms with Crippen LogP contribution in [0.3, 0.4) is 0 Å². The standard InChI is InChI=1S/C29H30BrN3O7/c1-4-39-26-16-19(11-13-24(26)40-29(36)20-12-14-23(37-2)25(17-20)38-3)18-32-33-27(34)10-7-15-31-28(35)21-8-5-6-9-22(21)30/h5-6,8-9,11-14,16-18H,4,7,10,15H2,1-3H3,(H,31,35)(H,33,34). The Kier molecular flexibility index (Phi) is 11.5. The third-order valence-corrected chi connectivity index (χ3v) is 6.17. The van der Waals surface area contributed by atoms with Gasteiger partial charge in [-0.1, -0.05) is 12.1 Å². The number of carbonyl (C=O) groups is 3. The van der Waals surface area contributed by atoms with Crippen LogP contribution in [-0.2, 0) is 4.79 Å². The molecule has 0 spiro atoms. The van der Waals surface area contributed by atoms with Crippen LogP contribution in [0.25, 0.3) is 0 Å². The van der Waals surface area contributed by atoms with E-state index in [1.807, 2.05) is 13.0 Å². The number of esters is 1. The molecular weight excluding hydrogens is 582 g/mol. The Balaban J connectivity index is 1.52. The average molecular weight is 612 g/mol. The summed E-state index contributed by atoms with van der Waals surface area (Å²) in [4.78, 5) is 37.1. The summed E-state index contributed by atoms with van der Waals surface area (Å²) in [5.74, 6) is 0.363. The number of methoxy groups -OCH3 is 2. The van der Waals surface area contributed by atoms with Crippen LogP contribution in [0.4, 0.5) is 0 Å². The van der Waals surface area contributed by atoms with Gasteiger partial charge in [-0.15, -0.1) is 0 Å². The number of hydrazone groups is 1. The van der Waals surface area contributed by atoms with Crippen LogP contribution < -0.4 is 29.7 Å². The van der Waals surface area contributed by atoms with E-state index in [-0.39, 0.29) is 29.5 Å². The lowest BCUT2D eigenvalue weighted by Gasteiger charge is -2.12. The molecule has 2 N–H and O–H groups in total. The molecule has 40 heavy (non-hydrogen) atoms. The Bertz CT molecular complexity index is 1380. The number of halogens is 1. The smallest absolute Gasteiger partial charge is 0.343 e. The molecule has 0 aliphatic rings. The van der Waals surface area contributed by atoms with E-state index in [4.69, 9.17) is 18.9 Å². The zero-order valence-electron chi connectivity index (χ0n) is 22.4. The monoisotopic (exact) mass is 611 g/mol. The van der Waals surface area contributed by atoms with Crippen LogP contribution >= 0.6 is 15.9 Å². The number of carbonyl (C=O) groups excluding carboxylic acids is 3. The minimum Gasteiger partial charge on any atom is -0.493 e. The molecule has 3 rings (SSSR count). The van der Waals surface area contributed by atoms with Gasteiger partial charge in [0, 0.05) is 17.4 Å². The Labute approximate surface area is 240 Å². The van der Waals surface area contributed by atoms with Crippen molar-refractivity contribution in [1.29, 1.82) is 0 Å². The molecule has 2 amide bonds. The molecule has 10 nitrogen and oxygen atoms in total. The number of hydrogen-bond donors (Lipinski definition) is 2. The lowest BCUT2D eigenvalue weighted by Crippen LogP contribution is -2.26. The van der Waals surface area contributed by atoms with Gasteiger partial charge in [0.15, 0.2) is 23.0 Å². The summed E-state index contributed by atoms with van der Waals surface area (Å²) < 4.78 is 22.3. The summed E-state index contributed by atoms with van der Waals surface area (Å²) in [5.41, 5.74) is 3.89. The average Bonchev–Trinajstić information content (AvgIpc) is 2.96. The quantitative estimate of drug-likeness (QED) is 0.0939. The van der Waals surface area contributed by atoms with Crippen molar-refractivity contribution in [3.05, 3.63) is 81.8 Å². The zero-order chi connectivity index (χ0) is 28.9. The number of rotatable bonds is 13. The van der Waals surface area contributed by atoms with Crippen molar-refractivity contribution in [3.8, 4) is 23.0 Å². The van der Waals surface area contributed by atoms with Crippen molar-refractivity contribution in [2.75, 3.05) is 27.4 Å². The lowest BCUT2D eigenvalue weighted by atomic mass is 10.2. The van der Waals surface area contributed by atoms with Gasteiger partial charge in [0.25, 0.3) is 5.91 Å². The second-order valence-corrected chi connectivity index (χ2v) is 9.09. The highest BCUT2D eigenvalue weighted by Gasteiger charge is 2.16. The van der Waals surface area contributed by atoms with E-state index >= 15 is 0 Å². The fourth-order valence-electron chi connectivity index (χ4n) is 3.51. The minimum absolute atomic E-state index is 0.183. The zero-order valence-corrected chi connectivity index (χ0v) is 23.9. The second-order valence-electron chi connectivity index (χ2n) is 8.23. The summed E-state index contributed by atoms with van der Waals surface area (Å²) in [5, 5.41) is 6.77. The molecule has 0 heterocycles. The summed E-state index contributed by atoms with van der Waals surface area (Å²) >= 11 is 3.34. The highest BCUT2D eigenvalue weighted by atomic mass is 79.9. The molecule has 0 atom stereocenters. The van der Waals surface area contributed by atoms with Crippen LogP contribution in [0.15, 0.2) is 70.2 Å². The van der Waals surface area contributed by atoms with Crippen LogP contribution in [0.2, 0.25) is 0 Å². The van der Waals surface area contributed by atoms with Crippen LogP contribution in [0, 0.1) is 0 Å². The van der Waals surface area contributed by atoms with Gasteiger partial charge in [-0.3, -0.25) is 9.59 Å². The molecule has 0 fully saturated rings. The maximum Gasteiger partial charge on any atom is 0.343 e. The third-order valence-electron chi connectivity index (χ3n) is 5.48. The largest absolute Gasteiger partial charge is 0.493 e. The summed E-state index contributed by atoms with van der Waals surface area (Å²) in [6.07, 6.45) is 2.09. The summed E-state index contributed by atoms with van der Waals surface area (Å²) in [6, 6.07) is 16.7. The van der Waals surface area contributed by atoms with Crippen molar-refractivity contribution in [2.45, 2.75) is 19.8 Å². The van der Waals surface area contributed by atoms with Gasteiger partial charge >= 0.3 is 5.97 Å². The number of nitrogens with zero attached hydrogens (tertiary/aromatic N) is 1. The van der Waals surface area contributed by atoms with Crippen molar-refractivity contribution < 1.29 is 33.3 Å². The minimum atomic E-state index is -0.594. The number of ether oxygens (including phenoxy) is 4. The van der Waals surface area contributed by atoms with Crippen molar-refractivity contribution in [3.63, 3.8) is 0 Å². The van der Waals surface area contributed by atoms with Gasteiger partial charge in [-0.05, 0) is 83.4 Å². The molecule has 0 aliphatic carbocycles. The fourth-order valence-corrected chi connectivity index (χ4v) is 3.97. The molecule has 0 unspecified atom stereocenters. The predicted molar refractivity (Wildman–Crippen MR) is 154 cm³/mol. The van der Waals surface area contributed by atoms with E-state index in [2.05, 4.69) is 31.8 Å². The molecular formula is C29H30BrN3O7. The molecule has 3 aromatic rings. The number of nitrogens with one attached hydrogen (secondary N) is 2. The highest BCUT2D eigenvalue weighted by Crippen LogP contribution is 2.31. The molecule has 0 aliphatic heterocycles. The molecule has 210 valence electrons. The number of amides is 2. The number of benzene rings is 3. The molecule has 0 radical (unpaired) electrons. The van der Waals surface area contributed by atoms with E-state index < -0.39 is 5.97 Å². The van der Waals surface area contributed by atoms with Crippen molar-refractivity contribution in [1.82, 2.24) is 10.7 Å². The predicted octanol–water partition coefficient (Wildman–Crippen LogP) is 4.74. The van der Waals surface area contributed by atoms with Crippen LogP contribution in [0.1, 0.15) is 46.0 Å². The molecule has 0 saturated carbocycles. The van der Waals surface area contributed by atoms with E-state index in [0.29, 0.717) is 52.4 Å². The van der Waals surface area contributed by atoms with Crippen molar-refractivity contribution >= 4 is 39.9 Å². The fraction of sp³-hybridized carbons (Fsp3) is 0.241. The summed E-state index contributed by atoms with van der Waals surface area (Å²) in [7, 11) is 2.99. The van der Waals surface area contributed by atoms with E-state index in [1.165, 1.54) is 26.5 Å². The Morgan fingerprint density at radius 2 is 1.68 bits per heavy atom. The maximum atomic E-state index is 12.7. The first-order valence-electron chi connectivity index (χ1n) is 12.4. The molecule has 0 bridgehead atoms.